The Morgan fingerprint density at radius 3 is 2.38 bits per heavy atom. The van der Waals surface area contributed by atoms with Gasteiger partial charge in [0, 0.05) is 32.7 Å². The van der Waals surface area contributed by atoms with Gasteiger partial charge in [0.1, 0.15) is 0 Å². The van der Waals surface area contributed by atoms with E-state index in [0.717, 1.165) is 16.7 Å². The summed E-state index contributed by atoms with van der Waals surface area (Å²) in [7, 11) is 3.22. The number of piperazine rings is 1. The van der Waals surface area contributed by atoms with Gasteiger partial charge in [0.2, 0.25) is 11.8 Å². The van der Waals surface area contributed by atoms with E-state index in [0.29, 0.717) is 63.6 Å². The summed E-state index contributed by atoms with van der Waals surface area (Å²) >= 11 is 0. The number of carbonyl (C=O) groups excluding carboxylic acids is 2. The average molecular weight is 440 g/mol. The summed E-state index contributed by atoms with van der Waals surface area (Å²) in [5.41, 5.74) is 3.29. The fourth-order valence-electron chi connectivity index (χ4n) is 3.88. The largest absolute Gasteiger partial charge is 0.493 e. The van der Waals surface area contributed by atoms with Crippen molar-refractivity contribution in [1.82, 2.24) is 15.1 Å². The van der Waals surface area contributed by atoms with Gasteiger partial charge < -0.3 is 19.7 Å². The molecule has 1 aliphatic rings. The average Bonchev–Trinajstić information content (AvgIpc) is 2.80. The Kier molecular flexibility index (Phi) is 8.50. The normalized spacial score (nSPS) is 14.2. The van der Waals surface area contributed by atoms with Crippen molar-refractivity contribution in [2.24, 2.45) is 0 Å². The zero-order valence-electron chi connectivity index (χ0n) is 19.2. The summed E-state index contributed by atoms with van der Waals surface area (Å²) < 4.78 is 10.6. The third kappa shape index (κ3) is 6.47. The molecule has 1 fully saturated rings. The topological polar surface area (TPSA) is 71.1 Å². The molecule has 2 aromatic carbocycles. The van der Waals surface area contributed by atoms with Gasteiger partial charge in [0.25, 0.3) is 0 Å². The number of ether oxygens (including phenoxy) is 2. The van der Waals surface area contributed by atoms with Gasteiger partial charge in [-0.1, -0.05) is 30.3 Å². The summed E-state index contributed by atoms with van der Waals surface area (Å²) in [4.78, 5) is 29.0. The van der Waals surface area contributed by atoms with Crippen LogP contribution in [0.25, 0.3) is 0 Å². The third-order valence-electron chi connectivity index (χ3n) is 5.88. The molecule has 0 aliphatic carbocycles. The van der Waals surface area contributed by atoms with Crippen molar-refractivity contribution in [3.05, 3.63) is 59.2 Å². The maximum absolute atomic E-state index is 12.6. The summed E-state index contributed by atoms with van der Waals surface area (Å²) in [6.45, 7) is 5.68. The molecule has 0 aromatic heterocycles. The Balaban J connectivity index is 1.37. The summed E-state index contributed by atoms with van der Waals surface area (Å²) in [6, 6.07) is 13.8. The summed E-state index contributed by atoms with van der Waals surface area (Å²) in [5.74, 6) is 1.53. The van der Waals surface area contributed by atoms with Crippen LogP contribution in [-0.2, 0) is 22.4 Å². The molecular formula is C25H33N3O4. The number of rotatable bonds is 9. The van der Waals surface area contributed by atoms with Crippen LogP contribution in [0.5, 0.6) is 11.5 Å². The van der Waals surface area contributed by atoms with Gasteiger partial charge in [-0.3, -0.25) is 14.5 Å². The number of aryl methyl sites for hydroxylation is 1. The van der Waals surface area contributed by atoms with Crippen LogP contribution in [-0.4, -0.2) is 75.1 Å². The van der Waals surface area contributed by atoms with Gasteiger partial charge >= 0.3 is 0 Å². The Hall–Kier alpha value is -3.06. The number of hydrogen-bond acceptors (Lipinski definition) is 5. The van der Waals surface area contributed by atoms with Gasteiger partial charge in [-0.05, 0) is 42.2 Å². The molecule has 1 saturated heterocycles. The van der Waals surface area contributed by atoms with E-state index in [2.05, 4.69) is 10.2 Å². The lowest BCUT2D eigenvalue weighted by molar-refractivity contribution is -0.132. The minimum atomic E-state index is 0.00478. The zero-order valence-corrected chi connectivity index (χ0v) is 19.2. The maximum atomic E-state index is 12.6. The van der Waals surface area contributed by atoms with E-state index < -0.39 is 0 Å². The second-order valence-corrected chi connectivity index (χ2v) is 8.05. The van der Waals surface area contributed by atoms with Crippen molar-refractivity contribution in [3.8, 4) is 11.5 Å². The fraction of sp³-hybridized carbons (Fsp3) is 0.440. The van der Waals surface area contributed by atoms with E-state index >= 15 is 0 Å². The molecule has 0 saturated carbocycles. The monoisotopic (exact) mass is 439 g/mol. The maximum Gasteiger partial charge on any atom is 0.234 e. The molecule has 32 heavy (non-hydrogen) atoms. The highest BCUT2D eigenvalue weighted by Crippen LogP contribution is 2.27. The van der Waals surface area contributed by atoms with Crippen LogP contribution >= 0.6 is 0 Å². The molecule has 2 aromatic rings. The molecule has 172 valence electrons. The lowest BCUT2D eigenvalue weighted by Crippen LogP contribution is -2.51. The SMILES string of the molecule is COc1ccc(CCNC(=O)CN2CCN(C(=O)Cc3ccccc3C)CC2)cc1OC. The first kappa shape index (κ1) is 23.6. The van der Waals surface area contributed by atoms with E-state index in [1.165, 1.54) is 0 Å². The fourth-order valence-corrected chi connectivity index (χ4v) is 3.88. The van der Waals surface area contributed by atoms with Crippen molar-refractivity contribution in [2.45, 2.75) is 19.8 Å². The van der Waals surface area contributed by atoms with E-state index in [1.54, 1.807) is 14.2 Å². The second kappa shape index (κ2) is 11.5. The van der Waals surface area contributed by atoms with E-state index in [-0.39, 0.29) is 11.8 Å². The van der Waals surface area contributed by atoms with Gasteiger partial charge in [-0.2, -0.15) is 0 Å². The lowest BCUT2D eigenvalue weighted by atomic mass is 10.1. The number of nitrogens with one attached hydrogen (secondary N) is 1. The molecule has 7 nitrogen and oxygen atoms in total. The first-order valence-corrected chi connectivity index (χ1v) is 11.0. The van der Waals surface area contributed by atoms with Crippen molar-refractivity contribution < 1.29 is 19.1 Å². The van der Waals surface area contributed by atoms with Crippen LogP contribution in [0, 0.1) is 6.92 Å². The highest BCUT2D eigenvalue weighted by Gasteiger charge is 2.22. The molecule has 0 spiro atoms. The predicted octanol–water partition coefficient (Wildman–Crippen LogP) is 2.06. The number of methoxy groups -OCH3 is 2. The van der Waals surface area contributed by atoms with Gasteiger partial charge in [-0.15, -0.1) is 0 Å². The Morgan fingerprint density at radius 1 is 0.969 bits per heavy atom. The van der Waals surface area contributed by atoms with Crippen LogP contribution in [0.4, 0.5) is 0 Å². The van der Waals surface area contributed by atoms with Gasteiger partial charge in [0.05, 0.1) is 27.2 Å². The van der Waals surface area contributed by atoms with Crippen molar-refractivity contribution in [2.75, 3.05) is 53.5 Å². The Labute approximate surface area is 190 Å². The summed E-state index contributed by atoms with van der Waals surface area (Å²) in [5, 5.41) is 2.98. The molecule has 0 radical (unpaired) electrons. The molecular weight excluding hydrogens is 406 g/mol. The standard InChI is InChI=1S/C25H33N3O4/c1-19-6-4-5-7-21(19)17-25(30)28-14-12-27(13-15-28)18-24(29)26-11-10-20-8-9-22(31-2)23(16-20)32-3/h4-9,16H,10-15,17-18H2,1-3H3,(H,26,29). The highest BCUT2D eigenvalue weighted by atomic mass is 16.5. The molecule has 0 bridgehead atoms. The molecule has 0 unspecified atom stereocenters. The molecule has 1 N–H and O–H groups in total. The minimum Gasteiger partial charge on any atom is -0.493 e. The molecule has 7 heteroatoms. The number of amides is 2. The number of benzene rings is 2. The quantitative estimate of drug-likeness (QED) is 0.648. The second-order valence-electron chi connectivity index (χ2n) is 8.05. The van der Waals surface area contributed by atoms with Crippen LogP contribution < -0.4 is 14.8 Å². The number of hydrogen-bond donors (Lipinski definition) is 1. The van der Waals surface area contributed by atoms with Crippen LogP contribution in [0.15, 0.2) is 42.5 Å². The van der Waals surface area contributed by atoms with E-state index in [1.807, 2.05) is 54.3 Å². The molecule has 1 heterocycles. The van der Waals surface area contributed by atoms with Crippen LogP contribution in [0.1, 0.15) is 16.7 Å². The lowest BCUT2D eigenvalue weighted by Gasteiger charge is -2.34. The Bertz CT molecular complexity index is 923. The van der Waals surface area contributed by atoms with Crippen molar-refractivity contribution in [1.29, 1.82) is 0 Å². The molecule has 2 amide bonds. The van der Waals surface area contributed by atoms with Crippen LogP contribution in [0.3, 0.4) is 0 Å². The van der Waals surface area contributed by atoms with E-state index in [9.17, 15) is 9.59 Å². The zero-order chi connectivity index (χ0) is 22.9. The molecule has 1 aliphatic heterocycles. The number of carbonyl (C=O) groups is 2. The van der Waals surface area contributed by atoms with Gasteiger partial charge in [-0.25, -0.2) is 0 Å². The molecule has 3 rings (SSSR count). The van der Waals surface area contributed by atoms with Crippen LogP contribution in [0.2, 0.25) is 0 Å². The smallest absolute Gasteiger partial charge is 0.234 e. The minimum absolute atomic E-state index is 0.00478. The van der Waals surface area contributed by atoms with E-state index in [4.69, 9.17) is 9.47 Å². The highest BCUT2D eigenvalue weighted by molar-refractivity contribution is 5.79. The first-order chi connectivity index (χ1) is 15.5. The predicted molar refractivity (Wildman–Crippen MR) is 124 cm³/mol. The Morgan fingerprint density at radius 2 is 1.69 bits per heavy atom. The number of nitrogens with zero attached hydrogens (tertiary/aromatic N) is 2. The van der Waals surface area contributed by atoms with Gasteiger partial charge in [0.15, 0.2) is 11.5 Å². The van der Waals surface area contributed by atoms with Crippen molar-refractivity contribution >= 4 is 11.8 Å². The molecule has 0 atom stereocenters. The van der Waals surface area contributed by atoms with Crippen molar-refractivity contribution in [3.63, 3.8) is 0 Å². The summed E-state index contributed by atoms with van der Waals surface area (Å²) in [6.07, 6.45) is 1.15. The third-order valence-corrected chi connectivity index (χ3v) is 5.88. The first-order valence-electron chi connectivity index (χ1n) is 11.0.